The first-order valence-corrected chi connectivity index (χ1v) is 6.55. The second kappa shape index (κ2) is 5.98. The van der Waals surface area contributed by atoms with Gasteiger partial charge in [0.25, 0.3) is 0 Å². The van der Waals surface area contributed by atoms with Gasteiger partial charge in [-0.1, -0.05) is 12.1 Å². The van der Waals surface area contributed by atoms with Crippen LogP contribution in [0.1, 0.15) is 18.5 Å². The van der Waals surface area contributed by atoms with Gasteiger partial charge < -0.3 is 10.1 Å². The highest BCUT2D eigenvalue weighted by atomic mass is 79.9. The van der Waals surface area contributed by atoms with Crippen molar-refractivity contribution in [3.63, 3.8) is 0 Å². The molecule has 18 heavy (non-hydrogen) atoms. The number of pyridine rings is 1. The molecule has 1 atom stereocenters. The van der Waals surface area contributed by atoms with Gasteiger partial charge in [0, 0.05) is 18.3 Å². The van der Waals surface area contributed by atoms with Crippen LogP contribution in [0.15, 0.2) is 47.1 Å². The van der Waals surface area contributed by atoms with Crippen LogP contribution in [0.4, 0.5) is 0 Å². The van der Waals surface area contributed by atoms with Gasteiger partial charge in [0.2, 0.25) is 5.88 Å². The van der Waals surface area contributed by atoms with E-state index in [0.717, 1.165) is 15.8 Å². The maximum Gasteiger partial charge on any atom is 0.219 e. The summed E-state index contributed by atoms with van der Waals surface area (Å²) in [4.78, 5) is 4.22. The summed E-state index contributed by atoms with van der Waals surface area (Å²) < 4.78 is 6.67. The van der Waals surface area contributed by atoms with E-state index in [2.05, 4.69) is 33.2 Å². The van der Waals surface area contributed by atoms with Crippen LogP contribution in [0.3, 0.4) is 0 Å². The number of hydrogen-bond donors (Lipinski definition) is 1. The van der Waals surface area contributed by atoms with Crippen molar-refractivity contribution in [1.82, 2.24) is 10.3 Å². The molecule has 0 saturated carbocycles. The van der Waals surface area contributed by atoms with E-state index in [4.69, 9.17) is 4.74 Å². The van der Waals surface area contributed by atoms with Crippen molar-refractivity contribution in [1.29, 1.82) is 0 Å². The molecule has 3 nitrogen and oxygen atoms in total. The van der Waals surface area contributed by atoms with E-state index < -0.39 is 0 Å². The first-order valence-electron chi connectivity index (χ1n) is 5.76. The van der Waals surface area contributed by atoms with Crippen LogP contribution in [-0.2, 0) is 0 Å². The van der Waals surface area contributed by atoms with Gasteiger partial charge >= 0.3 is 0 Å². The molecule has 0 aliphatic heterocycles. The van der Waals surface area contributed by atoms with Gasteiger partial charge in [-0.25, -0.2) is 4.98 Å². The van der Waals surface area contributed by atoms with E-state index in [0.29, 0.717) is 5.88 Å². The Morgan fingerprint density at radius 1 is 1.28 bits per heavy atom. The predicted octanol–water partition coefficient (Wildman–Crippen LogP) is 3.92. The van der Waals surface area contributed by atoms with Crippen molar-refractivity contribution in [3.05, 3.63) is 52.6 Å². The van der Waals surface area contributed by atoms with Crippen LogP contribution < -0.4 is 10.1 Å². The van der Waals surface area contributed by atoms with Gasteiger partial charge in [-0.3, -0.25) is 0 Å². The van der Waals surface area contributed by atoms with Crippen molar-refractivity contribution in [2.75, 3.05) is 7.05 Å². The van der Waals surface area contributed by atoms with Crippen LogP contribution in [0.2, 0.25) is 0 Å². The Labute approximate surface area is 115 Å². The Hall–Kier alpha value is -1.39. The lowest BCUT2D eigenvalue weighted by atomic mass is 10.1. The molecule has 0 saturated heterocycles. The van der Waals surface area contributed by atoms with E-state index in [1.54, 1.807) is 6.20 Å². The highest BCUT2D eigenvalue weighted by Gasteiger charge is 2.06. The lowest BCUT2D eigenvalue weighted by molar-refractivity contribution is 0.458. The molecule has 2 aromatic rings. The Morgan fingerprint density at radius 3 is 2.78 bits per heavy atom. The normalized spacial score (nSPS) is 12.2. The lowest BCUT2D eigenvalue weighted by Gasteiger charge is -2.12. The number of halogens is 1. The molecular formula is C14H15BrN2O. The summed E-state index contributed by atoms with van der Waals surface area (Å²) in [6.45, 7) is 2.09. The summed E-state index contributed by atoms with van der Waals surface area (Å²) in [6, 6.07) is 11.9. The average Bonchev–Trinajstić information content (AvgIpc) is 2.41. The number of rotatable bonds is 4. The van der Waals surface area contributed by atoms with Crippen LogP contribution in [0.25, 0.3) is 0 Å². The quantitative estimate of drug-likeness (QED) is 0.929. The van der Waals surface area contributed by atoms with Gasteiger partial charge in [-0.2, -0.15) is 0 Å². The van der Waals surface area contributed by atoms with Crippen LogP contribution in [0, 0.1) is 0 Å². The maximum atomic E-state index is 5.76. The molecular weight excluding hydrogens is 292 g/mol. The molecule has 0 aliphatic rings. The zero-order chi connectivity index (χ0) is 13.0. The smallest absolute Gasteiger partial charge is 0.219 e. The highest BCUT2D eigenvalue weighted by molar-refractivity contribution is 9.10. The molecule has 1 unspecified atom stereocenters. The fourth-order valence-electron chi connectivity index (χ4n) is 1.56. The number of benzene rings is 1. The second-order valence-corrected chi connectivity index (χ2v) is 4.82. The summed E-state index contributed by atoms with van der Waals surface area (Å²) in [5, 5.41) is 3.19. The molecule has 1 heterocycles. The Bertz CT molecular complexity index is 531. The molecule has 0 bridgehead atoms. The van der Waals surface area contributed by atoms with Crippen molar-refractivity contribution in [3.8, 4) is 11.6 Å². The summed E-state index contributed by atoms with van der Waals surface area (Å²) in [6.07, 6.45) is 1.76. The molecule has 0 amide bonds. The number of nitrogens with zero attached hydrogens (tertiary/aromatic N) is 1. The molecule has 0 aliphatic carbocycles. The van der Waals surface area contributed by atoms with Crippen LogP contribution in [0.5, 0.6) is 11.6 Å². The third-order valence-corrected chi connectivity index (χ3v) is 3.40. The van der Waals surface area contributed by atoms with E-state index in [-0.39, 0.29) is 6.04 Å². The number of ether oxygens (including phenoxy) is 1. The van der Waals surface area contributed by atoms with Crippen molar-refractivity contribution >= 4 is 15.9 Å². The summed E-state index contributed by atoms with van der Waals surface area (Å²) in [7, 11) is 1.93. The summed E-state index contributed by atoms with van der Waals surface area (Å²) in [5.41, 5.74) is 1.15. The van der Waals surface area contributed by atoms with Gasteiger partial charge in [-0.15, -0.1) is 0 Å². The Balaban J connectivity index is 2.22. The first-order chi connectivity index (χ1) is 8.70. The maximum absolute atomic E-state index is 5.76. The summed E-state index contributed by atoms with van der Waals surface area (Å²) in [5.74, 6) is 1.36. The minimum Gasteiger partial charge on any atom is -0.438 e. The molecule has 0 spiro atoms. The van der Waals surface area contributed by atoms with Crippen molar-refractivity contribution in [2.45, 2.75) is 13.0 Å². The third-order valence-electron chi connectivity index (χ3n) is 2.74. The second-order valence-electron chi connectivity index (χ2n) is 3.97. The lowest BCUT2D eigenvalue weighted by Crippen LogP contribution is -2.12. The zero-order valence-corrected chi connectivity index (χ0v) is 11.9. The molecule has 1 aromatic heterocycles. The van der Waals surface area contributed by atoms with Crippen LogP contribution >= 0.6 is 15.9 Å². The third kappa shape index (κ3) is 3.09. The largest absolute Gasteiger partial charge is 0.438 e. The van der Waals surface area contributed by atoms with Crippen molar-refractivity contribution < 1.29 is 4.74 Å². The SMILES string of the molecule is CNC(C)c1ccnc(Oc2ccccc2Br)c1. The fraction of sp³-hybridized carbons (Fsp3) is 0.214. The minimum atomic E-state index is 0.273. The van der Waals surface area contributed by atoms with Gasteiger partial charge in [-0.05, 0) is 53.7 Å². The highest BCUT2D eigenvalue weighted by Crippen LogP contribution is 2.28. The Morgan fingerprint density at radius 2 is 2.06 bits per heavy atom. The molecule has 0 radical (unpaired) electrons. The minimum absolute atomic E-state index is 0.273. The molecule has 94 valence electrons. The molecule has 1 N–H and O–H groups in total. The molecule has 0 fully saturated rings. The molecule has 1 aromatic carbocycles. The monoisotopic (exact) mass is 306 g/mol. The topological polar surface area (TPSA) is 34.2 Å². The van der Waals surface area contributed by atoms with E-state index >= 15 is 0 Å². The first kappa shape index (κ1) is 13.1. The average molecular weight is 307 g/mol. The van der Waals surface area contributed by atoms with E-state index in [1.165, 1.54) is 0 Å². The number of nitrogens with one attached hydrogen (secondary N) is 1. The van der Waals surface area contributed by atoms with Crippen molar-refractivity contribution in [2.24, 2.45) is 0 Å². The fourth-order valence-corrected chi connectivity index (χ4v) is 1.92. The van der Waals surface area contributed by atoms with Gasteiger partial charge in [0.15, 0.2) is 0 Å². The van der Waals surface area contributed by atoms with Gasteiger partial charge in [0.1, 0.15) is 5.75 Å². The standard InChI is InChI=1S/C14H15BrN2O/c1-10(16-2)11-7-8-17-14(9-11)18-13-6-4-3-5-12(13)15/h3-10,16H,1-2H3. The number of hydrogen-bond acceptors (Lipinski definition) is 3. The van der Waals surface area contributed by atoms with Gasteiger partial charge in [0.05, 0.1) is 4.47 Å². The van der Waals surface area contributed by atoms with E-state index in [1.807, 2.05) is 43.4 Å². The summed E-state index contributed by atoms with van der Waals surface area (Å²) >= 11 is 3.45. The molecule has 2 rings (SSSR count). The zero-order valence-electron chi connectivity index (χ0n) is 10.4. The number of aromatic nitrogens is 1. The number of para-hydroxylation sites is 1. The molecule has 4 heteroatoms. The van der Waals surface area contributed by atoms with Crippen LogP contribution in [-0.4, -0.2) is 12.0 Å². The Kier molecular flexibility index (Phi) is 4.33. The predicted molar refractivity (Wildman–Crippen MR) is 75.9 cm³/mol. The van der Waals surface area contributed by atoms with E-state index in [9.17, 15) is 0 Å².